The van der Waals surface area contributed by atoms with Gasteiger partial charge in [0.1, 0.15) is 0 Å². The number of ether oxygens (including phenoxy) is 1. The second-order valence-corrected chi connectivity index (χ2v) is 5.47. The molecule has 0 unspecified atom stereocenters. The van der Waals surface area contributed by atoms with Crippen LogP contribution >= 0.6 is 0 Å². The molecule has 1 aliphatic rings. The van der Waals surface area contributed by atoms with Gasteiger partial charge in [-0.15, -0.1) is 0 Å². The highest BCUT2D eigenvalue weighted by molar-refractivity contribution is 4.88. The van der Waals surface area contributed by atoms with E-state index in [2.05, 4.69) is 25.8 Å². The fourth-order valence-electron chi connectivity index (χ4n) is 2.09. The van der Waals surface area contributed by atoms with Crippen LogP contribution in [-0.4, -0.2) is 44.8 Å². The molecule has 1 heterocycles. The lowest BCUT2D eigenvalue weighted by molar-refractivity contribution is -0.118. The van der Waals surface area contributed by atoms with E-state index >= 15 is 0 Å². The molecule has 0 bridgehead atoms. The Bertz CT molecular complexity index is 173. The topological polar surface area (TPSA) is 38.5 Å². The molecule has 3 heteroatoms. The third kappa shape index (κ3) is 4.09. The minimum absolute atomic E-state index is 0.257. The molecule has 1 saturated heterocycles. The monoisotopic (exact) mass is 214 g/mol. The fraction of sp³-hybridized carbons (Fsp3) is 1.00. The third-order valence-electron chi connectivity index (χ3n) is 3.18. The van der Waals surface area contributed by atoms with E-state index in [1.807, 2.05) is 0 Å². The molecule has 1 rings (SSSR count). The van der Waals surface area contributed by atoms with E-state index in [1.165, 1.54) is 19.4 Å². The predicted molar refractivity (Wildman–Crippen MR) is 63.9 cm³/mol. The van der Waals surface area contributed by atoms with Gasteiger partial charge >= 0.3 is 0 Å². The first kappa shape index (κ1) is 12.9. The van der Waals surface area contributed by atoms with Crippen LogP contribution in [0.25, 0.3) is 0 Å². The number of nitrogens with zero attached hydrogens (tertiary/aromatic N) is 1. The van der Waals surface area contributed by atoms with E-state index in [0.29, 0.717) is 0 Å². The van der Waals surface area contributed by atoms with Gasteiger partial charge in [-0.3, -0.25) is 0 Å². The standard InChI is InChI=1S/C12H26N2O/c1-11(2)5-4-6-14(3)8-12(7-13)9-15-10-12/h11H,4-10,13H2,1-3H3. The average Bonchev–Trinajstić information content (AvgIpc) is 2.11. The van der Waals surface area contributed by atoms with Crippen molar-refractivity contribution in [2.75, 3.05) is 39.9 Å². The summed E-state index contributed by atoms with van der Waals surface area (Å²) in [5, 5.41) is 0. The van der Waals surface area contributed by atoms with Gasteiger partial charge in [-0.25, -0.2) is 0 Å². The zero-order chi connectivity index (χ0) is 11.3. The molecule has 1 fully saturated rings. The lowest BCUT2D eigenvalue weighted by atomic mass is 9.85. The summed E-state index contributed by atoms with van der Waals surface area (Å²) in [6.07, 6.45) is 2.60. The first-order valence-electron chi connectivity index (χ1n) is 6.04. The van der Waals surface area contributed by atoms with Crippen molar-refractivity contribution in [1.82, 2.24) is 4.90 Å². The van der Waals surface area contributed by atoms with Crippen LogP contribution in [0.1, 0.15) is 26.7 Å². The Morgan fingerprint density at radius 1 is 1.40 bits per heavy atom. The summed E-state index contributed by atoms with van der Waals surface area (Å²) in [4.78, 5) is 2.40. The maximum absolute atomic E-state index is 5.79. The Balaban J connectivity index is 2.14. The Hall–Kier alpha value is -0.120. The van der Waals surface area contributed by atoms with Crippen LogP contribution in [0.5, 0.6) is 0 Å². The molecule has 90 valence electrons. The second kappa shape index (κ2) is 5.83. The zero-order valence-corrected chi connectivity index (χ0v) is 10.5. The lowest BCUT2D eigenvalue weighted by Crippen LogP contribution is -2.54. The summed E-state index contributed by atoms with van der Waals surface area (Å²) in [6, 6.07) is 0. The van der Waals surface area contributed by atoms with Gasteiger partial charge in [-0.05, 0) is 32.4 Å². The molecule has 3 nitrogen and oxygen atoms in total. The van der Waals surface area contributed by atoms with E-state index in [9.17, 15) is 0 Å². The van der Waals surface area contributed by atoms with Crippen LogP contribution in [0.3, 0.4) is 0 Å². The smallest absolute Gasteiger partial charge is 0.0569 e. The van der Waals surface area contributed by atoms with Gasteiger partial charge < -0.3 is 15.4 Å². The number of nitrogens with two attached hydrogens (primary N) is 1. The Morgan fingerprint density at radius 2 is 2.07 bits per heavy atom. The molecule has 0 amide bonds. The highest BCUT2D eigenvalue weighted by Crippen LogP contribution is 2.26. The van der Waals surface area contributed by atoms with Crippen LogP contribution < -0.4 is 5.73 Å². The zero-order valence-electron chi connectivity index (χ0n) is 10.5. The van der Waals surface area contributed by atoms with Gasteiger partial charge in [0.15, 0.2) is 0 Å². The first-order valence-corrected chi connectivity index (χ1v) is 6.04. The van der Waals surface area contributed by atoms with E-state index in [-0.39, 0.29) is 5.41 Å². The van der Waals surface area contributed by atoms with Crippen molar-refractivity contribution in [2.45, 2.75) is 26.7 Å². The summed E-state index contributed by atoms with van der Waals surface area (Å²) in [7, 11) is 2.19. The SMILES string of the molecule is CC(C)CCCN(C)CC1(CN)COC1. The van der Waals surface area contributed by atoms with Crippen molar-refractivity contribution in [2.24, 2.45) is 17.1 Å². The fourth-order valence-corrected chi connectivity index (χ4v) is 2.09. The van der Waals surface area contributed by atoms with Gasteiger partial charge in [0.05, 0.1) is 13.2 Å². The maximum atomic E-state index is 5.79. The molecular weight excluding hydrogens is 188 g/mol. The third-order valence-corrected chi connectivity index (χ3v) is 3.18. The molecule has 0 aromatic heterocycles. The van der Waals surface area contributed by atoms with Gasteiger partial charge in [0.2, 0.25) is 0 Å². The van der Waals surface area contributed by atoms with E-state index in [0.717, 1.165) is 32.2 Å². The maximum Gasteiger partial charge on any atom is 0.0569 e. The normalized spacial score (nSPS) is 19.6. The van der Waals surface area contributed by atoms with Crippen molar-refractivity contribution in [3.63, 3.8) is 0 Å². The molecule has 0 aromatic carbocycles. The molecule has 2 N–H and O–H groups in total. The largest absolute Gasteiger partial charge is 0.380 e. The van der Waals surface area contributed by atoms with Gasteiger partial charge in [-0.1, -0.05) is 13.8 Å². The molecule has 0 aliphatic carbocycles. The quantitative estimate of drug-likeness (QED) is 0.695. The molecule has 15 heavy (non-hydrogen) atoms. The van der Waals surface area contributed by atoms with Crippen LogP contribution in [0.15, 0.2) is 0 Å². The van der Waals surface area contributed by atoms with E-state index in [4.69, 9.17) is 10.5 Å². The molecule has 1 aliphatic heterocycles. The molecule has 0 radical (unpaired) electrons. The summed E-state index contributed by atoms with van der Waals surface area (Å²) < 4.78 is 5.27. The second-order valence-electron chi connectivity index (χ2n) is 5.47. The van der Waals surface area contributed by atoms with E-state index < -0.39 is 0 Å². The summed E-state index contributed by atoms with van der Waals surface area (Å²) in [6.45, 7) is 9.27. The van der Waals surface area contributed by atoms with Crippen molar-refractivity contribution < 1.29 is 4.74 Å². The number of rotatable bonds is 7. The molecule has 0 spiro atoms. The Morgan fingerprint density at radius 3 is 2.47 bits per heavy atom. The Kier molecular flexibility index (Phi) is 5.03. The summed E-state index contributed by atoms with van der Waals surface area (Å²) >= 11 is 0. The Labute approximate surface area is 94.0 Å². The molecule has 0 aromatic rings. The predicted octanol–water partition coefficient (Wildman–Crippen LogP) is 1.33. The van der Waals surface area contributed by atoms with Crippen molar-refractivity contribution in [3.05, 3.63) is 0 Å². The molecule has 0 saturated carbocycles. The van der Waals surface area contributed by atoms with Gasteiger partial charge in [0.25, 0.3) is 0 Å². The summed E-state index contributed by atoms with van der Waals surface area (Å²) in [5.74, 6) is 0.814. The van der Waals surface area contributed by atoms with Crippen LogP contribution in [0.4, 0.5) is 0 Å². The van der Waals surface area contributed by atoms with Gasteiger partial charge in [0, 0.05) is 18.5 Å². The number of hydrogen-bond acceptors (Lipinski definition) is 3. The summed E-state index contributed by atoms with van der Waals surface area (Å²) in [5.41, 5.74) is 6.04. The minimum Gasteiger partial charge on any atom is -0.380 e. The van der Waals surface area contributed by atoms with Crippen LogP contribution in [0.2, 0.25) is 0 Å². The lowest BCUT2D eigenvalue weighted by Gasteiger charge is -2.43. The highest BCUT2D eigenvalue weighted by Gasteiger charge is 2.37. The molecular formula is C12H26N2O. The van der Waals surface area contributed by atoms with Gasteiger partial charge in [-0.2, -0.15) is 0 Å². The average molecular weight is 214 g/mol. The highest BCUT2D eigenvalue weighted by atomic mass is 16.5. The van der Waals surface area contributed by atoms with Crippen molar-refractivity contribution in [1.29, 1.82) is 0 Å². The molecule has 0 atom stereocenters. The van der Waals surface area contributed by atoms with Crippen LogP contribution in [0, 0.1) is 11.3 Å². The first-order chi connectivity index (χ1) is 7.08. The van der Waals surface area contributed by atoms with E-state index in [1.54, 1.807) is 0 Å². The number of hydrogen-bond donors (Lipinski definition) is 1. The van der Waals surface area contributed by atoms with Crippen molar-refractivity contribution >= 4 is 0 Å². The van der Waals surface area contributed by atoms with Crippen molar-refractivity contribution in [3.8, 4) is 0 Å². The van der Waals surface area contributed by atoms with Crippen LogP contribution in [-0.2, 0) is 4.74 Å². The minimum atomic E-state index is 0.257.